The molecule has 0 radical (unpaired) electrons. The fraction of sp³-hybridized carbons (Fsp3) is 0.588. The second-order valence-electron chi connectivity index (χ2n) is 5.93. The number of nitrogens with zero attached hydrogens (tertiary/aromatic N) is 1. The molecule has 0 aliphatic heterocycles. The van der Waals surface area contributed by atoms with Crippen molar-refractivity contribution in [2.45, 2.75) is 59.0 Å². The van der Waals surface area contributed by atoms with Gasteiger partial charge in [-0.05, 0) is 30.4 Å². The molecule has 0 bridgehead atoms. The lowest BCUT2D eigenvalue weighted by Gasteiger charge is -2.20. The molecule has 122 valence electrons. The van der Waals surface area contributed by atoms with Crippen LogP contribution in [-0.4, -0.2) is 22.8 Å². The van der Waals surface area contributed by atoms with E-state index in [1.165, 1.54) is 0 Å². The predicted octanol–water partition coefficient (Wildman–Crippen LogP) is 2.42. The lowest BCUT2D eigenvalue weighted by atomic mass is 10.0. The van der Waals surface area contributed by atoms with Gasteiger partial charge in [-0.3, -0.25) is 14.6 Å². The Bertz CT molecular complexity index is 460. The first-order valence-corrected chi connectivity index (χ1v) is 7.98. The summed E-state index contributed by atoms with van der Waals surface area (Å²) in [6, 6.07) is 3.27. The lowest BCUT2D eigenvalue weighted by Crippen LogP contribution is -2.47. The number of nitrogens with one attached hydrogen (secondary N) is 2. The maximum atomic E-state index is 12.3. The highest BCUT2D eigenvalue weighted by molar-refractivity contribution is 5.87. The van der Waals surface area contributed by atoms with Crippen molar-refractivity contribution in [3.8, 4) is 0 Å². The Morgan fingerprint density at radius 3 is 2.68 bits per heavy atom. The fourth-order valence-corrected chi connectivity index (χ4v) is 2.12. The number of unbranched alkanes of at least 4 members (excludes halogenated alkanes) is 1. The van der Waals surface area contributed by atoms with Gasteiger partial charge in [-0.15, -0.1) is 0 Å². The van der Waals surface area contributed by atoms with E-state index in [2.05, 4.69) is 15.6 Å². The second kappa shape index (κ2) is 9.92. The number of carbonyl (C=O) groups excluding carboxylic acids is 2. The Hall–Kier alpha value is -1.91. The van der Waals surface area contributed by atoms with Crippen molar-refractivity contribution < 1.29 is 9.59 Å². The average molecular weight is 305 g/mol. The van der Waals surface area contributed by atoms with Gasteiger partial charge in [0.15, 0.2) is 0 Å². The Morgan fingerprint density at radius 1 is 1.32 bits per heavy atom. The topological polar surface area (TPSA) is 71.1 Å². The molecule has 22 heavy (non-hydrogen) atoms. The summed E-state index contributed by atoms with van der Waals surface area (Å²) in [5, 5.41) is 5.72. The molecule has 1 aromatic heterocycles. The van der Waals surface area contributed by atoms with Gasteiger partial charge in [-0.25, -0.2) is 0 Å². The zero-order chi connectivity index (χ0) is 16.4. The number of amides is 2. The van der Waals surface area contributed by atoms with E-state index in [4.69, 9.17) is 0 Å². The molecule has 0 unspecified atom stereocenters. The monoisotopic (exact) mass is 305 g/mol. The molecule has 0 saturated carbocycles. The summed E-state index contributed by atoms with van der Waals surface area (Å²) in [5.74, 6) is 0.145. The minimum absolute atomic E-state index is 0.0518. The van der Waals surface area contributed by atoms with Crippen molar-refractivity contribution in [1.29, 1.82) is 0 Å². The SMILES string of the molecule is CCCCC(=O)N[C@@H](CC(C)C)C(=O)NCc1cccnc1. The van der Waals surface area contributed by atoms with Crippen molar-refractivity contribution in [1.82, 2.24) is 15.6 Å². The summed E-state index contributed by atoms with van der Waals surface area (Å²) in [4.78, 5) is 28.2. The molecule has 0 spiro atoms. The third-order valence-electron chi connectivity index (χ3n) is 3.31. The van der Waals surface area contributed by atoms with E-state index in [0.29, 0.717) is 25.3 Å². The van der Waals surface area contributed by atoms with Crippen LogP contribution in [0.4, 0.5) is 0 Å². The van der Waals surface area contributed by atoms with Gasteiger partial charge in [-0.2, -0.15) is 0 Å². The molecule has 0 aliphatic rings. The first-order chi connectivity index (χ1) is 10.5. The van der Waals surface area contributed by atoms with E-state index in [1.807, 2.05) is 32.9 Å². The lowest BCUT2D eigenvalue weighted by molar-refractivity contribution is -0.129. The molecule has 0 aromatic carbocycles. The summed E-state index contributed by atoms with van der Waals surface area (Å²) in [5.41, 5.74) is 0.941. The molecular weight excluding hydrogens is 278 g/mol. The van der Waals surface area contributed by atoms with Crippen molar-refractivity contribution in [2.75, 3.05) is 0 Å². The molecule has 1 atom stereocenters. The Balaban J connectivity index is 2.54. The van der Waals surface area contributed by atoms with Crippen LogP contribution in [0.3, 0.4) is 0 Å². The van der Waals surface area contributed by atoms with Crippen LogP contribution < -0.4 is 10.6 Å². The quantitative estimate of drug-likeness (QED) is 0.736. The summed E-state index contributed by atoms with van der Waals surface area (Å²) < 4.78 is 0. The highest BCUT2D eigenvalue weighted by atomic mass is 16.2. The maximum absolute atomic E-state index is 12.3. The van der Waals surface area contributed by atoms with Gasteiger partial charge in [-0.1, -0.05) is 33.3 Å². The zero-order valence-corrected chi connectivity index (χ0v) is 13.8. The van der Waals surface area contributed by atoms with Crippen molar-refractivity contribution in [2.24, 2.45) is 5.92 Å². The smallest absolute Gasteiger partial charge is 0.242 e. The Morgan fingerprint density at radius 2 is 2.09 bits per heavy atom. The van der Waals surface area contributed by atoms with E-state index in [-0.39, 0.29) is 11.8 Å². The number of aromatic nitrogens is 1. The second-order valence-corrected chi connectivity index (χ2v) is 5.93. The Kier molecular flexibility index (Phi) is 8.18. The van der Waals surface area contributed by atoms with Gasteiger partial charge < -0.3 is 10.6 Å². The molecule has 5 heteroatoms. The number of pyridine rings is 1. The van der Waals surface area contributed by atoms with Crippen molar-refractivity contribution in [3.63, 3.8) is 0 Å². The molecule has 1 aromatic rings. The molecule has 0 aliphatic carbocycles. The van der Waals surface area contributed by atoms with Crippen molar-refractivity contribution in [3.05, 3.63) is 30.1 Å². The van der Waals surface area contributed by atoms with Gasteiger partial charge in [0.1, 0.15) is 6.04 Å². The number of hydrogen-bond acceptors (Lipinski definition) is 3. The molecule has 1 heterocycles. The van der Waals surface area contributed by atoms with Crippen LogP contribution >= 0.6 is 0 Å². The maximum Gasteiger partial charge on any atom is 0.242 e. The molecule has 2 N–H and O–H groups in total. The van der Waals surface area contributed by atoms with E-state index < -0.39 is 6.04 Å². The summed E-state index contributed by atoms with van der Waals surface area (Å²) in [6.07, 6.45) is 6.34. The van der Waals surface area contributed by atoms with E-state index in [1.54, 1.807) is 12.4 Å². The normalized spacial score (nSPS) is 12.0. The third-order valence-corrected chi connectivity index (χ3v) is 3.31. The highest BCUT2D eigenvalue weighted by Crippen LogP contribution is 2.06. The fourth-order valence-electron chi connectivity index (χ4n) is 2.12. The third kappa shape index (κ3) is 7.20. The van der Waals surface area contributed by atoms with Gasteiger partial charge in [0.25, 0.3) is 0 Å². The molecule has 5 nitrogen and oxygen atoms in total. The predicted molar refractivity (Wildman–Crippen MR) is 87.0 cm³/mol. The average Bonchev–Trinajstić information content (AvgIpc) is 2.50. The molecular formula is C17H27N3O2. The van der Waals surface area contributed by atoms with Gasteiger partial charge >= 0.3 is 0 Å². The highest BCUT2D eigenvalue weighted by Gasteiger charge is 2.21. The van der Waals surface area contributed by atoms with Crippen LogP contribution in [0.15, 0.2) is 24.5 Å². The minimum Gasteiger partial charge on any atom is -0.350 e. The van der Waals surface area contributed by atoms with Gasteiger partial charge in [0.2, 0.25) is 11.8 Å². The van der Waals surface area contributed by atoms with Crippen LogP contribution in [0.5, 0.6) is 0 Å². The van der Waals surface area contributed by atoms with Crippen molar-refractivity contribution >= 4 is 11.8 Å². The standard InChI is InChI=1S/C17H27N3O2/c1-4-5-8-16(21)20-15(10-13(2)3)17(22)19-12-14-7-6-9-18-11-14/h6-7,9,11,13,15H,4-5,8,10,12H2,1-3H3,(H,19,22)(H,20,21)/t15-/m0/s1. The number of carbonyl (C=O) groups is 2. The molecule has 0 saturated heterocycles. The summed E-state index contributed by atoms with van der Waals surface area (Å²) in [7, 11) is 0. The largest absolute Gasteiger partial charge is 0.350 e. The first kappa shape index (κ1) is 18.1. The first-order valence-electron chi connectivity index (χ1n) is 7.98. The van der Waals surface area contributed by atoms with Gasteiger partial charge in [0.05, 0.1) is 0 Å². The summed E-state index contributed by atoms with van der Waals surface area (Å²) in [6.45, 7) is 6.55. The molecule has 1 rings (SSSR count). The van der Waals surface area contributed by atoms with Crippen LogP contribution in [0.2, 0.25) is 0 Å². The van der Waals surface area contributed by atoms with E-state index in [0.717, 1.165) is 18.4 Å². The number of rotatable bonds is 9. The minimum atomic E-state index is -0.471. The van der Waals surface area contributed by atoms with Crippen LogP contribution in [0, 0.1) is 5.92 Å². The van der Waals surface area contributed by atoms with E-state index in [9.17, 15) is 9.59 Å². The Labute approximate surface area is 132 Å². The molecule has 2 amide bonds. The number of hydrogen-bond donors (Lipinski definition) is 2. The van der Waals surface area contributed by atoms with Gasteiger partial charge in [0, 0.05) is 25.4 Å². The van der Waals surface area contributed by atoms with Crippen LogP contribution in [0.25, 0.3) is 0 Å². The zero-order valence-electron chi connectivity index (χ0n) is 13.8. The molecule has 0 fully saturated rings. The van der Waals surface area contributed by atoms with Crippen LogP contribution in [0.1, 0.15) is 52.0 Å². The van der Waals surface area contributed by atoms with E-state index >= 15 is 0 Å². The summed E-state index contributed by atoms with van der Waals surface area (Å²) >= 11 is 0. The van der Waals surface area contributed by atoms with Crippen LogP contribution in [-0.2, 0) is 16.1 Å².